The predicted octanol–water partition coefficient (Wildman–Crippen LogP) is 3.62. The van der Waals surface area contributed by atoms with Gasteiger partial charge in [0, 0.05) is 5.56 Å². The Balaban J connectivity index is 1.66. The summed E-state index contributed by atoms with van der Waals surface area (Å²) in [5.41, 5.74) is 2.52. The van der Waals surface area contributed by atoms with E-state index in [-0.39, 0.29) is 12.0 Å². The summed E-state index contributed by atoms with van der Waals surface area (Å²) in [4.78, 5) is 15.1. The van der Waals surface area contributed by atoms with E-state index in [1.165, 1.54) is 0 Å². The van der Waals surface area contributed by atoms with Crippen LogP contribution in [0.25, 0.3) is 0 Å². The summed E-state index contributed by atoms with van der Waals surface area (Å²) in [5, 5.41) is 0. The molecule has 2 aliphatic heterocycles. The van der Waals surface area contributed by atoms with Crippen LogP contribution in [0.2, 0.25) is 0 Å². The fourth-order valence-corrected chi connectivity index (χ4v) is 3.70. The van der Waals surface area contributed by atoms with Gasteiger partial charge in [0.25, 0.3) is 11.7 Å². The number of benzene rings is 2. The number of hydrogen-bond acceptors (Lipinski definition) is 5. The first-order valence-electron chi connectivity index (χ1n) is 9.58. The molecule has 2 aromatic rings. The Morgan fingerprint density at radius 2 is 1.86 bits per heavy atom. The number of carbonyl (C=O) groups is 1. The van der Waals surface area contributed by atoms with Gasteiger partial charge in [-0.05, 0) is 44.0 Å². The lowest BCUT2D eigenvalue weighted by atomic mass is 10.1. The van der Waals surface area contributed by atoms with Gasteiger partial charge in [-0.1, -0.05) is 24.3 Å². The Bertz CT molecular complexity index is 873. The van der Waals surface area contributed by atoms with Gasteiger partial charge in [0.2, 0.25) is 0 Å². The Labute approximate surface area is 165 Å². The predicted molar refractivity (Wildman–Crippen MR) is 105 cm³/mol. The maximum Gasteiger partial charge on any atom is 0.292 e. The second kappa shape index (κ2) is 7.45. The Kier molecular flexibility index (Phi) is 5.00. The minimum atomic E-state index is -1.32. The van der Waals surface area contributed by atoms with Crippen LogP contribution < -0.4 is 14.4 Å². The summed E-state index contributed by atoms with van der Waals surface area (Å²) in [6.45, 7) is 5.34. The van der Waals surface area contributed by atoms with Crippen LogP contribution in [0.1, 0.15) is 31.4 Å². The van der Waals surface area contributed by atoms with Gasteiger partial charge >= 0.3 is 0 Å². The van der Waals surface area contributed by atoms with Gasteiger partial charge in [-0.15, -0.1) is 0 Å². The largest absolute Gasteiger partial charge is 0.493 e. The molecule has 148 valence electrons. The second-order valence-corrected chi connectivity index (χ2v) is 7.23. The molecule has 6 heteroatoms. The molecular weight excluding hydrogens is 358 g/mol. The van der Waals surface area contributed by atoms with E-state index in [9.17, 15) is 4.79 Å². The molecule has 0 bridgehead atoms. The molecule has 4 rings (SSSR count). The first-order chi connectivity index (χ1) is 13.5. The van der Waals surface area contributed by atoms with Crippen LogP contribution in [0.5, 0.6) is 11.5 Å². The number of carbonyl (C=O) groups excluding carboxylic acids is 1. The van der Waals surface area contributed by atoms with Crippen LogP contribution in [0.3, 0.4) is 0 Å². The third-order valence-electron chi connectivity index (χ3n) is 4.91. The Morgan fingerprint density at radius 3 is 2.57 bits per heavy atom. The maximum absolute atomic E-state index is 13.3. The third-order valence-corrected chi connectivity index (χ3v) is 4.91. The zero-order chi connectivity index (χ0) is 19.7. The van der Waals surface area contributed by atoms with E-state index in [1.54, 1.807) is 12.0 Å². The average molecular weight is 383 g/mol. The summed E-state index contributed by atoms with van der Waals surface area (Å²) in [5.74, 6) is -0.176. The van der Waals surface area contributed by atoms with Crippen molar-refractivity contribution >= 4 is 11.6 Å². The van der Waals surface area contributed by atoms with E-state index in [0.717, 1.165) is 23.2 Å². The number of para-hydroxylation sites is 1. The van der Waals surface area contributed by atoms with Crippen molar-refractivity contribution in [2.75, 3.05) is 25.2 Å². The SMILES string of the molecule is COc1cc(CN2C(=O)C3(OCCCO3)c3ccccc32)ccc1OC(C)C. The highest BCUT2D eigenvalue weighted by Crippen LogP contribution is 2.45. The van der Waals surface area contributed by atoms with E-state index in [0.29, 0.717) is 31.3 Å². The summed E-state index contributed by atoms with van der Waals surface area (Å²) < 4.78 is 23.0. The molecule has 1 amide bonds. The monoisotopic (exact) mass is 383 g/mol. The van der Waals surface area contributed by atoms with Gasteiger partial charge in [-0.2, -0.15) is 0 Å². The zero-order valence-electron chi connectivity index (χ0n) is 16.4. The maximum atomic E-state index is 13.3. The van der Waals surface area contributed by atoms with Crippen molar-refractivity contribution < 1.29 is 23.7 Å². The van der Waals surface area contributed by atoms with Gasteiger partial charge in [-0.25, -0.2) is 0 Å². The number of methoxy groups -OCH3 is 1. The molecule has 28 heavy (non-hydrogen) atoms. The average Bonchev–Trinajstić information content (AvgIpc) is 2.92. The van der Waals surface area contributed by atoms with Crippen molar-refractivity contribution in [3.63, 3.8) is 0 Å². The van der Waals surface area contributed by atoms with E-state index >= 15 is 0 Å². The van der Waals surface area contributed by atoms with Crippen LogP contribution in [0, 0.1) is 0 Å². The highest BCUT2D eigenvalue weighted by molar-refractivity contribution is 6.06. The highest BCUT2D eigenvalue weighted by atomic mass is 16.7. The molecule has 0 atom stereocenters. The quantitative estimate of drug-likeness (QED) is 0.789. The number of rotatable bonds is 5. The zero-order valence-corrected chi connectivity index (χ0v) is 16.4. The highest BCUT2D eigenvalue weighted by Gasteiger charge is 2.54. The lowest BCUT2D eigenvalue weighted by Gasteiger charge is -2.32. The van der Waals surface area contributed by atoms with Gasteiger partial charge in [0.1, 0.15) is 0 Å². The summed E-state index contributed by atoms with van der Waals surface area (Å²) >= 11 is 0. The number of fused-ring (bicyclic) bond motifs is 2. The molecular formula is C22H25NO5. The minimum absolute atomic E-state index is 0.0484. The van der Waals surface area contributed by atoms with Crippen molar-refractivity contribution in [1.29, 1.82) is 0 Å². The Morgan fingerprint density at radius 1 is 1.11 bits per heavy atom. The molecule has 0 unspecified atom stereocenters. The number of amides is 1. The number of ether oxygens (including phenoxy) is 4. The molecule has 2 aliphatic rings. The van der Waals surface area contributed by atoms with E-state index in [2.05, 4.69) is 0 Å². The Hall–Kier alpha value is -2.57. The van der Waals surface area contributed by atoms with Crippen molar-refractivity contribution in [3.8, 4) is 11.5 Å². The van der Waals surface area contributed by atoms with Gasteiger partial charge in [0.15, 0.2) is 11.5 Å². The van der Waals surface area contributed by atoms with Crippen LogP contribution in [-0.2, 0) is 26.6 Å². The molecule has 1 spiro atoms. The van der Waals surface area contributed by atoms with E-state index < -0.39 is 5.79 Å². The molecule has 0 aromatic heterocycles. The van der Waals surface area contributed by atoms with E-state index in [1.807, 2.05) is 56.3 Å². The number of anilines is 1. The number of hydrogen-bond donors (Lipinski definition) is 0. The van der Waals surface area contributed by atoms with Crippen LogP contribution >= 0.6 is 0 Å². The van der Waals surface area contributed by atoms with Crippen LogP contribution in [-0.4, -0.2) is 32.3 Å². The second-order valence-electron chi connectivity index (χ2n) is 7.23. The van der Waals surface area contributed by atoms with Crippen molar-refractivity contribution in [2.24, 2.45) is 0 Å². The van der Waals surface area contributed by atoms with E-state index in [4.69, 9.17) is 18.9 Å². The van der Waals surface area contributed by atoms with Crippen molar-refractivity contribution in [2.45, 2.75) is 38.7 Å². The summed E-state index contributed by atoms with van der Waals surface area (Å²) in [6.07, 6.45) is 0.832. The van der Waals surface area contributed by atoms with Gasteiger partial charge in [0.05, 0.1) is 38.7 Å². The minimum Gasteiger partial charge on any atom is -0.493 e. The molecule has 0 saturated carbocycles. The lowest BCUT2D eigenvalue weighted by Crippen LogP contribution is -2.47. The van der Waals surface area contributed by atoms with Gasteiger partial charge in [-0.3, -0.25) is 4.79 Å². The topological polar surface area (TPSA) is 57.2 Å². The molecule has 0 N–H and O–H groups in total. The van der Waals surface area contributed by atoms with Crippen molar-refractivity contribution in [3.05, 3.63) is 53.6 Å². The first kappa shape index (κ1) is 18.8. The van der Waals surface area contributed by atoms with Gasteiger partial charge < -0.3 is 23.8 Å². The molecule has 2 heterocycles. The third kappa shape index (κ3) is 3.12. The van der Waals surface area contributed by atoms with Crippen LogP contribution in [0.4, 0.5) is 5.69 Å². The standard InChI is InChI=1S/C22H25NO5/c1-15(2)28-19-10-9-16(13-20(19)25-3)14-23-18-8-5-4-7-17(18)22(21(23)24)26-11-6-12-27-22/h4-5,7-10,13,15H,6,11-12,14H2,1-3H3. The fourth-order valence-electron chi connectivity index (χ4n) is 3.70. The first-order valence-corrected chi connectivity index (χ1v) is 9.58. The van der Waals surface area contributed by atoms with Crippen molar-refractivity contribution in [1.82, 2.24) is 0 Å². The molecule has 0 aliphatic carbocycles. The molecule has 1 saturated heterocycles. The molecule has 1 fully saturated rings. The van der Waals surface area contributed by atoms with Crippen LogP contribution in [0.15, 0.2) is 42.5 Å². The normalized spacial score (nSPS) is 17.9. The number of nitrogens with zero attached hydrogens (tertiary/aromatic N) is 1. The molecule has 0 radical (unpaired) electrons. The molecule has 6 nitrogen and oxygen atoms in total. The lowest BCUT2D eigenvalue weighted by molar-refractivity contribution is -0.256. The molecule has 2 aromatic carbocycles. The fraction of sp³-hybridized carbons (Fsp3) is 0.409. The summed E-state index contributed by atoms with van der Waals surface area (Å²) in [6, 6.07) is 13.4. The summed E-state index contributed by atoms with van der Waals surface area (Å²) in [7, 11) is 1.61. The smallest absolute Gasteiger partial charge is 0.292 e.